The second kappa shape index (κ2) is 9.41. The van der Waals surface area contributed by atoms with Crippen molar-refractivity contribution in [3.63, 3.8) is 0 Å². The molecule has 0 radical (unpaired) electrons. The molecule has 2 aromatic heterocycles. The first-order chi connectivity index (χ1) is 15.1. The van der Waals surface area contributed by atoms with E-state index >= 15 is 0 Å². The highest BCUT2D eigenvalue weighted by Crippen LogP contribution is 2.39. The van der Waals surface area contributed by atoms with Crippen molar-refractivity contribution in [3.8, 4) is 0 Å². The maximum Gasteiger partial charge on any atom is 0.469 e. The number of rotatable bonds is 7. The zero-order valence-corrected chi connectivity index (χ0v) is 20.2. The summed E-state index contributed by atoms with van der Waals surface area (Å²) in [5.41, 5.74) is 1.75. The Morgan fingerprint density at radius 3 is 2.53 bits per heavy atom. The van der Waals surface area contributed by atoms with E-state index in [9.17, 15) is 14.8 Å². The van der Waals surface area contributed by atoms with Crippen LogP contribution in [0.1, 0.15) is 11.8 Å². The Hall–Kier alpha value is -1.48. The minimum Gasteiger partial charge on any atom is -0.387 e. The van der Waals surface area contributed by atoms with Crippen molar-refractivity contribution in [3.05, 3.63) is 45.4 Å². The van der Waals surface area contributed by atoms with Crippen molar-refractivity contribution in [1.82, 2.24) is 19.5 Å². The highest BCUT2D eigenvalue weighted by Gasteiger charge is 2.45. The summed E-state index contributed by atoms with van der Waals surface area (Å²) in [5, 5.41) is 23.8. The number of phosphoric ester groups is 1. The van der Waals surface area contributed by atoms with Crippen LogP contribution in [-0.4, -0.2) is 64.4 Å². The molecule has 3 heterocycles. The van der Waals surface area contributed by atoms with Crippen LogP contribution in [0.25, 0.3) is 11.2 Å². The maximum atomic E-state index is 10.9. The predicted molar refractivity (Wildman–Crippen MR) is 118 cm³/mol. The fraction of sp³-hybridized carbons (Fsp3) is 0.353. The van der Waals surface area contributed by atoms with Crippen LogP contribution in [-0.2, 0) is 20.4 Å². The van der Waals surface area contributed by atoms with Gasteiger partial charge in [0.2, 0.25) is 0 Å². The van der Waals surface area contributed by atoms with Crippen LogP contribution in [0, 0.1) is 0 Å². The van der Waals surface area contributed by atoms with E-state index in [1.165, 1.54) is 17.2 Å². The van der Waals surface area contributed by atoms with Crippen LogP contribution in [0.3, 0.4) is 0 Å². The Morgan fingerprint density at radius 2 is 1.84 bits per heavy atom. The smallest absolute Gasteiger partial charge is 0.387 e. The minimum atomic E-state index is -4.76. The van der Waals surface area contributed by atoms with Gasteiger partial charge in [-0.25, -0.2) is 19.5 Å². The van der Waals surface area contributed by atoms with Gasteiger partial charge in [-0.05, 0) is 23.8 Å². The molecule has 0 spiro atoms. The fourth-order valence-electron chi connectivity index (χ4n) is 3.33. The molecule has 172 valence electrons. The van der Waals surface area contributed by atoms with Gasteiger partial charge >= 0.3 is 7.82 Å². The van der Waals surface area contributed by atoms with Gasteiger partial charge in [-0.3, -0.25) is 9.09 Å². The second-order valence-corrected chi connectivity index (χ2v) is 10.1. The molecule has 5 N–H and O–H groups in total. The van der Waals surface area contributed by atoms with Gasteiger partial charge in [0.15, 0.2) is 23.2 Å². The molecule has 1 saturated heterocycles. The number of nitrogens with zero attached hydrogens (tertiary/aromatic N) is 4. The maximum absolute atomic E-state index is 10.9. The number of aromatic nitrogens is 4. The van der Waals surface area contributed by atoms with Crippen LogP contribution in [0.4, 0.5) is 5.82 Å². The predicted octanol–water partition coefficient (Wildman–Crippen LogP) is 1.69. The SMILES string of the molecule is O=P(O)(O)OC[C@H]1O[C@@H](n2cnc3c(NCc4cc(Br)cc(Br)c4)ncnc32)[C@H](O)[C@@H]1O. The van der Waals surface area contributed by atoms with Crippen LogP contribution in [0.5, 0.6) is 0 Å². The van der Waals surface area contributed by atoms with Crippen molar-refractivity contribution in [2.45, 2.75) is 31.1 Å². The number of aliphatic hydroxyl groups is 2. The van der Waals surface area contributed by atoms with Gasteiger partial charge in [-0.15, -0.1) is 0 Å². The first-order valence-electron chi connectivity index (χ1n) is 9.20. The molecule has 0 amide bonds. The summed E-state index contributed by atoms with van der Waals surface area (Å²) in [4.78, 5) is 30.5. The molecule has 4 atom stereocenters. The first kappa shape index (κ1) is 23.7. The molecule has 0 bridgehead atoms. The summed E-state index contributed by atoms with van der Waals surface area (Å²) in [5.74, 6) is 0.458. The Morgan fingerprint density at radius 1 is 1.12 bits per heavy atom. The van der Waals surface area contributed by atoms with Crippen molar-refractivity contribution < 1.29 is 33.8 Å². The quantitative estimate of drug-likeness (QED) is 0.252. The standard InChI is InChI=1S/C17H18Br2N5O7P/c18-9-1-8(2-10(19)3-9)4-20-15-12-16(22-6-21-15)24(7-23-12)17-14(26)13(25)11(31-17)5-30-32(27,28)29/h1-3,6-7,11,13-14,17,25-26H,4-5H2,(H,20,21,22)(H2,27,28,29)/t11-,13-,14-,17-/m1/s1. The molecule has 15 heteroatoms. The molecule has 0 saturated carbocycles. The van der Waals surface area contributed by atoms with Crippen LogP contribution in [0.15, 0.2) is 39.8 Å². The molecule has 3 aromatic rings. The second-order valence-electron chi connectivity index (χ2n) is 7.01. The Labute approximate surface area is 198 Å². The molecule has 1 aliphatic heterocycles. The zero-order valence-electron chi connectivity index (χ0n) is 16.1. The lowest BCUT2D eigenvalue weighted by molar-refractivity contribution is -0.0504. The summed E-state index contributed by atoms with van der Waals surface area (Å²) < 4.78 is 24.2. The third kappa shape index (κ3) is 5.19. The fourth-order valence-corrected chi connectivity index (χ4v) is 5.06. The molecular formula is C17H18Br2N5O7P. The summed E-state index contributed by atoms with van der Waals surface area (Å²) in [7, 11) is -4.76. The largest absolute Gasteiger partial charge is 0.469 e. The van der Waals surface area contributed by atoms with Gasteiger partial charge in [0.05, 0.1) is 12.9 Å². The number of aliphatic hydroxyl groups excluding tert-OH is 2. The lowest BCUT2D eigenvalue weighted by Gasteiger charge is -2.16. The number of ether oxygens (including phenoxy) is 1. The average molecular weight is 595 g/mol. The van der Waals surface area contributed by atoms with Gasteiger partial charge in [0, 0.05) is 15.5 Å². The number of imidazole rings is 1. The number of anilines is 1. The first-order valence-corrected chi connectivity index (χ1v) is 12.3. The van der Waals surface area contributed by atoms with Gasteiger partial charge in [0.1, 0.15) is 24.6 Å². The number of halogens is 2. The topological polar surface area (TPSA) is 172 Å². The van der Waals surface area contributed by atoms with Gasteiger partial charge in [-0.2, -0.15) is 0 Å². The number of nitrogens with one attached hydrogen (secondary N) is 1. The van der Waals surface area contributed by atoms with Gasteiger partial charge in [-0.1, -0.05) is 31.9 Å². The van der Waals surface area contributed by atoms with Gasteiger partial charge in [0.25, 0.3) is 0 Å². The summed E-state index contributed by atoms with van der Waals surface area (Å²) >= 11 is 6.90. The van der Waals surface area contributed by atoms with Crippen LogP contribution in [0.2, 0.25) is 0 Å². The summed E-state index contributed by atoms with van der Waals surface area (Å²) in [6.07, 6.45) is -2.38. The van der Waals surface area contributed by atoms with Crippen molar-refractivity contribution in [2.75, 3.05) is 11.9 Å². The molecule has 1 aromatic carbocycles. The highest BCUT2D eigenvalue weighted by atomic mass is 79.9. The Bertz CT molecular complexity index is 1160. The Balaban J connectivity index is 1.54. The summed E-state index contributed by atoms with van der Waals surface area (Å²) in [6, 6.07) is 5.84. The van der Waals surface area contributed by atoms with E-state index in [4.69, 9.17) is 14.5 Å². The van der Waals surface area contributed by atoms with Crippen LogP contribution < -0.4 is 5.32 Å². The molecule has 4 rings (SSSR count). The van der Waals surface area contributed by atoms with E-state index in [1.54, 1.807) is 0 Å². The van der Waals surface area contributed by atoms with Crippen LogP contribution >= 0.6 is 39.7 Å². The van der Waals surface area contributed by atoms with E-state index in [2.05, 4.69) is 56.7 Å². The van der Waals surface area contributed by atoms with E-state index in [0.29, 0.717) is 23.5 Å². The molecular weight excluding hydrogens is 577 g/mol. The lowest BCUT2D eigenvalue weighted by atomic mass is 10.1. The third-order valence-electron chi connectivity index (χ3n) is 4.76. The normalized spacial score (nSPS) is 23.7. The monoisotopic (exact) mass is 593 g/mol. The molecule has 0 unspecified atom stereocenters. The number of hydrogen-bond acceptors (Lipinski definition) is 9. The van der Waals surface area contributed by atoms with E-state index in [0.717, 1.165) is 14.5 Å². The van der Waals surface area contributed by atoms with E-state index in [-0.39, 0.29) is 0 Å². The molecule has 32 heavy (non-hydrogen) atoms. The highest BCUT2D eigenvalue weighted by molar-refractivity contribution is 9.11. The van der Waals surface area contributed by atoms with Crippen molar-refractivity contribution in [1.29, 1.82) is 0 Å². The molecule has 12 nitrogen and oxygen atoms in total. The van der Waals surface area contributed by atoms with Crippen molar-refractivity contribution in [2.24, 2.45) is 0 Å². The number of hydrogen-bond donors (Lipinski definition) is 5. The zero-order chi connectivity index (χ0) is 23.0. The number of fused-ring (bicyclic) bond motifs is 1. The van der Waals surface area contributed by atoms with E-state index in [1.807, 2.05) is 18.2 Å². The number of benzene rings is 1. The molecule has 1 aliphatic rings. The van der Waals surface area contributed by atoms with Crippen molar-refractivity contribution >= 4 is 56.7 Å². The van der Waals surface area contributed by atoms with E-state index < -0.39 is 39.0 Å². The van der Waals surface area contributed by atoms with Gasteiger partial charge < -0.3 is 30.1 Å². The summed E-state index contributed by atoms with van der Waals surface area (Å²) in [6.45, 7) is -0.143. The Kier molecular flexibility index (Phi) is 6.96. The molecule has 0 aliphatic carbocycles. The minimum absolute atomic E-state index is 0.339. The average Bonchev–Trinajstić information content (AvgIpc) is 3.25. The molecule has 1 fully saturated rings. The third-order valence-corrected chi connectivity index (χ3v) is 6.16. The number of phosphoric acid groups is 1. The lowest BCUT2D eigenvalue weighted by Crippen LogP contribution is -2.33.